The zero-order valence-electron chi connectivity index (χ0n) is 16.3. The number of carbonyl (C=O) groups is 1. The van der Waals surface area contributed by atoms with Gasteiger partial charge in [-0.05, 0) is 48.2 Å². The summed E-state index contributed by atoms with van der Waals surface area (Å²) >= 11 is 0. The molecule has 0 bridgehead atoms. The molecule has 1 fully saturated rings. The van der Waals surface area contributed by atoms with Crippen molar-refractivity contribution < 1.29 is 4.79 Å². The first kappa shape index (κ1) is 18.6. The first-order valence-corrected chi connectivity index (χ1v) is 10.2. The van der Waals surface area contributed by atoms with Crippen LogP contribution in [0.3, 0.4) is 0 Å². The molecule has 0 N–H and O–H groups in total. The smallest absolute Gasteiger partial charge is 0.140 e. The number of nitrogens with zero attached hydrogens (tertiary/aromatic N) is 1. The van der Waals surface area contributed by atoms with E-state index in [1.54, 1.807) is 0 Å². The third-order valence-electron chi connectivity index (χ3n) is 5.76. The fourth-order valence-corrected chi connectivity index (χ4v) is 4.16. The van der Waals surface area contributed by atoms with Crippen LogP contribution in [0.4, 0.5) is 0 Å². The lowest BCUT2D eigenvalue weighted by Crippen LogP contribution is -2.36. The fourth-order valence-electron chi connectivity index (χ4n) is 4.16. The Hall–Kier alpha value is -2.71. The summed E-state index contributed by atoms with van der Waals surface area (Å²) in [5.74, 6) is 0.582. The van der Waals surface area contributed by atoms with E-state index in [0.29, 0.717) is 12.2 Å². The average molecular weight is 370 g/mol. The Bertz CT molecular complexity index is 896. The van der Waals surface area contributed by atoms with Gasteiger partial charge in [-0.1, -0.05) is 84.9 Å². The molecule has 3 aromatic carbocycles. The lowest BCUT2D eigenvalue weighted by Gasteiger charge is -2.31. The van der Waals surface area contributed by atoms with Gasteiger partial charge in [0.15, 0.2) is 0 Å². The number of hydrogen-bond acceptors (Lipinski definition) is 2. The molecule has 1 heterocycles. The van der Waals surface area contributed by atoms with E-state index >= 15 is 0 Å². The molecule has 1 saturated heterocycles. The van der Waals surface area contributed by atoms with Gasteiger partial charge in [0.05, 0.1) is 0 Å². The number of carbonyl (C=O) groups excluding carboxylic acids is 1. The third-order valence-corrected chi connectivity index (χ3v) is 5.76. The molecule has 2 nitrogen and oxygen atoms in total. The molecule has 0 atom stereocenters. The molecule has 2 heteroatoms. The Kier molecular flexibility index (Phi) is 5.98. The molecule has 1 aliphatic rings. The predicted octanol–water partition coefficient (Wildman–Crippen LogP) is 5.38. The average Bonchev–Trinajstić information content (AvgIpc) is 2.76. The highest BCUT2D eigenvalue weighted by Gasteiger charge is 2.25. The lowest BCUT2D eigenvalue weighted by atomic mass is 9.87. The van der Waals surface area contributed by atoms with Crippen molar-refractivity contribution in [2.75, 3.05) is 13.1 Å². The van der Waals surface area contributed by atoms with Gasteiger partial charge in [0, 0.05) is 18.9 Å². The van der Waals surface area contributed by atoms with Crippen molar-refractivity contribution in [3.63, 3.8) is 0 Å². The topological polar surface area (TPSA) is 20.3 Å². The Morgan fingerprint density at radius 2 is 1.39 bits per heavy atom. The highest BCUT2D eigenvalue weighted by atomic mass is 16.1. The quantitative estimate of drug-likeness (QED) is 0.581. The minimum Gasteiger partial charge on any atom is -0.299 e. The maximum atomic E-state index is 13.0. The molecule has 28 heavy (non-hydrogen) atoms. The first-order valence-electron chi connectivity index (χ1n) is 10.2. The van der Waals surface area contributed by atoms with Crippen molar-refractivity contribution in [2.45, 2.75) is 25.8 Å². The van der Waals surface area contributed by atoms with Gasteiger partial charge in [0.2, 0.25) is 0 Å². The molecule has 0 amide bonds. The summed E-state index contributed by atoms with van der Waals surface area (Å²) in [5, 5.41) is 0. The minimum atomic E-state index is 0.191. The third kappa shape index (κ3) is 4.58. The summed E-state index contributed by atoms with van der Waals surface area (Å²) in [6.45, 7) is 3.00. The molecule has 0 radical (unpaired) electrons. The second-order valence-corrected chi connectivity index (χ2v) is 7.70. The second kappa shape index (κ2) is 8.99. The van der Waals surface area contributed by atoms with E-state index in [9.17, 15) is 4.79 Å². The molecular formula is C26H27NO. The van der Waals surface area contributed by atoms with Crippen molar-refractivity contribution in [1.82, 2.24) is 4.90 Å². The van der Waals surface area contributed by atoms with Crippen LogP contribution < -0.4 is 0 Å². The SMILES string of the molecule is O=C(Cc1ccccc1-c1ccccc1)C1CCN(Cc2ccccc2)CC1. The van der Waals surface area contributed by atoms with Gasteiger partial charge in [-0.2, -0.15) is 0 Å². The van der Waals surface area contributed by atoms with Crippen molar-refractivity contribution >= 4 is 5.78 Å². The summed E-state index contributed by atoms with van der Waals surface area (Å²) in [6.07, 6.45) is 2.48. The van der Waals surface area contributed by atoms with Gasteiger partial charge in [0.1, 0.15) is 5.78 Å². The van der Waals surface area contributed by atoms with Gasteiger partial charge in [-0.15, -0.1) is 0 Å². The minimum absolute atomic E-state index is 0.191. The largest absolute Gasteiger partial charge is 0.299 e. The molecule has 142 valence electrons. The van der Waals surface area contributed by atoms with Crippen LogP contribution in [-0.2, 0) is 17.8 Å². The van der Waals surface area contributed by atoms with Crippen molar-refractivity contribution in [2.24, 2.45) is 5.92 Å². The molecule has 1 aliphatic heterocycles. The van der Waals surface area contributed by atoms with Gasteiger partial charge < -0.3 is 0 Å². The van der Waals surface area contributed by atoms with Crippen molar-refractivity contribution in [3.8, 4) is 11.1 Å². The van der Waals surface area contributed by atoms with Crippen LogP contribution in [0.2, 0.25) is 0 Å². The summed E-state index contributed by atoms with van der Waals surface area (Å²) in [7, 11) is 0. The molecule has 3 aromatic rings. The normalized spacial score (nSPS) is 15.4. The van der Waals surface area contributed by atoms with Gasteiger partial charge in [-0.3, -0.25) is 9.69 Å². The van der Waals surface area contributed by atoms with E-state index in [1.807, 2.05) is 12.1 Å². The van der Waals surface area contributed by atoms with Gasteiger partial charge >= 0.3 is 0 Å². The Morgan fingerprint density at radius 1 is 0.786 bits per heavy atom. The zero-order valence-corrected chi connectivity index (χ0v) is 16.3. The van der Waals surface area contributed by atoms with Crippen LogP contribution in [0.25, 0.3) is 11.1 Å². The Labute approximate surface area is 167 Å². The lowest BCUT2D eigenvalue weighted by molar-refractivity contribution is -0.123. The van der Waals surface area contributed by atoms with Crippen LogP contribution in [0.15, 0.2) is 84.9 Å². The predicted molar refractivity (Wildman–Crippen MR) is 115 cm³/mol. The highest BCUT2D eigenvalue weighted by molar-refractivity contribution is 5.85. The monoisotopic (exact) mass is 369 g/mol. The molecule has 0 aromatic heterocycles. The van der Waals surface area contributed by atoms with E-state index in [0.717, 1.165) is 38.0 Å². The molecule has 0 spiro atoms. The number of hydrogen-bond donors (Lipinski definition) is 0. The molecular weight excluding hydrogens is 342 g/mol. The summed E-state index contributed by atoms with van der Waals surface area (Å²) in [5.41, 5.74) is 4.86. The number of benzene rings is 3. The van der Waals surface area contributed by atoms with Gasteiger partial charge in [-0.25, -0.2) is 0 Å². The maximum absolute atomic E-state index is 13.0. The van der Waals surface area contributed by atoms with E-state index < -0.39 is 0 Å². The molecule has 0 aliphatic carbocycles. The number of Topliss-reactive ketones (excluding diaryl/α,β-unsaturated/α-hetero) is 1. The van der Waals surface area contributed by atoms with E-state index in [1.165, 1.54) is 16.7 Å². The number of ketones is 1. The number of rotatable bonds is 6. The second-order valence-electron chi connectivity index (χ2n) is 7.70. The summed E-state index contributed by atoms with van der Waals surface area (Å²) in [4.78, 5) is 15.5. The van der Waals surface area contributed by atoms with E-state index in [4.69, 9.17) is 0 Å². The fraction of sp³-hybridized carbons (Fsp3) is 0.269. The van der Waals surface area contributed by atoms with E-state index in [-0.39, 0.29) is 5.92 Å². The first-order chi connectivity index (χ1) is 13.8. The van der Waals surface area contributed by atoms with Gasteiger partial charge in [0.25, 0.3) is 0 Å². The van der Waals surface area contributed by atoms with Crippen LogP contribution in [-0.4, -0.2) is 23.8 Å². The van der Waals surface area contributed by atoms with Crippen LogP contribution >= 0.6 is 0 Å². The number of piperidine rings is 1. The van der Waals surface area contributed by atoms with Crippen LogP contribution in [0.1, 0.15) is 24.0 Å². The van der Waals surface area contributed by atoms with Crippen molar-refractivity contribution in [1.29, 1.82) is 0 Å². The Balaban J connectivity index is 1.37. The van der Waals surface area contributed by atoms with E-state index in [2.05, 4.69) is 77.7 Å². The zero-order chi connectivity index (χ0) is 19.2. The molecule has 0 saturated carbocycles. The standard InChI is InChI=1S/C26H27NO/c28-26(19-24-13-7-8-14-25(24)22-11-5-2-6-12-22)23-15-17-27(18-16-23)20-21-9-3-1-4-10-21/h1-14,23H,15-20H2. The van der Waals surface area contributed by atoms with Crippen LogP contribution in [0, 0.1) is 5.92 Å². The summed E-state index contributed by atoms with van der Waals surface area (Å²) < 4.78 is 0. The summed E-state index contributed by atoms with van der Waals surface area (Å²) in [6, 6.07) is 29.3. The van der Waals surface area contributed by atoms with Crippen molar-refractivity contribution in [3.05, 3.63) is 96.1 Å². The van der Waals surface area contributed by atoms with Crippen LogP contribution in [0.5, 0.6) is 0 Å². The Morgan fingerprint density at radius 3 is 2.11 bits per heavy atom. The highest BCUT2D eigenvalue weighted by Crippen LogP contribution is 2.27. The molecule has 0 unspecified atom stereocenters. The molecule has 4 rings (SSSR count). The number of likely N-dealkylation sites (tertiary alicyclic amines) is 1. The maximum Gasteiger partial charge on any atom is 0.140 e.